The molecule has 0 bridgehead atoms. The molecule has 0 spiro atoms. The number of nitrogens with zero attached hydrogens (tertiary/aromatic N) is 2. The van der Waals surface area contributed by atoms with Gasteiger partial charge in [0, 0.05) is 19.5 Å². The Balaban J connectivity index is 3.99. The molecule has 6 nitrogen and oxygen atoms in total. The topological polar surface area (TPSA) is 62.2 Å². The number of ether oxygens (including phenoxy) is 2. The van der Waals surface area contributed by atoms with Crippen molar-refractivity contribution >= 4 is 5.97 Å². The first-order valence-electron chi connectivity index (χ1n) is 22.3. The average Bonchev–Trinajstić information content (AvgIpc) is 3.09. The maximum atomic E-state index is 12.4. The Morgan fingerprint density at radius 1 is 0.480 bits per heavy atom. The first-order valence-corrected chi connectivity index (χ1v) is 22.3. The van der Waals surface area contributed by atoms with E-state index in [2.05, 4.69) is 51.6 Å². The molecule has 0 rings (SSSR count). The lowest BCUT2D eigenvalue weighted by Gasteiger charge is -2.24. The van der Waals surface area contributed by atoms with E-state index in [1.54, 1.807) is 0 Å². The number of esters is 1. The number of aliphatic hydroxyl groups excluding tert-OH is 1. The molecule has 300 valence electrons. The number of hydrogen-bond donors (Lipinski definition) is 1. The molecule has 0 aliphatic carbocycles. The van der Waals surface area contributed by atoms with Crippen molar-refractivity contribution in [3.63, 3.8) is 0 Å². The van der Waals surface area contributed by atoms with E-state index in [4.69, 9.17) is 9.47 Å². The van der Waals surface area contributed by atoms with Crippen LogP contribution < -0.4 is 0 Å². The van der Waals surface area contributed by atoms with Gasteiger partial charge in [-0.25, -0.2) is 0 Å². The lowest BCUT2D eigenvalue weighted by atomic mass is 10.0. The first-order chi connectivity index (χ1) is 24.4. The minimum atomic E-state index is -0.581. The molecular weight excluding hydrogens is 620 g/mol. The van der Waals surface area contributed by atoms with Crippen molar-refractivity contribution in [3.8, 4) is 0 Å². The number of carbonyl (C=O) groups is 1. The Bertz CT molecular complexity index is 691. The van der Waals surface area contributed by atoms with Crippen molar-refractivity contribution < 1.29 is 19.4 Å². The molecule has 3 atom stereocenters. The maximum Gasteiger partial charge on any atom is 0.306 e. The summed E-state index contributed by atoms with van der Waals surface area (Å²) in [7, 11) is 4.36. The highest BCUT2D eigenvalue weighted by Crippen LogP contribution is 2.19. The summed E-state index contributed by atoms with van der Waals surface area (Å²) in [5, 5.41) is 10.5. The molecule has 3 unspecified atom stereocenters. The molecule has 0 aromatic heterocycles. The van der Waals surface area contributed by atoms with Crippen LogP contribution in [0.15, 0.2) is 0 Å². The Morgan fingerprint density at radius 3 is 1.42 bits per heavy atom. The normalized spacial score (nSPS) is 13.7. The molecule has 50 heavy (non-hydrogen) atoms. The number of likely N-dealkylation sites (N-methyl/N-ethyl adjacent to an activating group) is 1. The van der Waals surface area contributed by atoms with E-state index in [9.17, 15) is 9.90 Å². The predicted octanol–water partition coefficient (Wildman–Crippen LogP) is 12.2. The summed E-state index contributed by atoms with van der Waals surface area (Å²) in [6, 6.07) is 0. The standard InChI is InChI=1S/C44H90N2O4/c1-7-11-25-33-41(31-13-9-3)49-43(47)35-27-21-17-15-19-23-29-37-46(40-39-45(5)6)38-30-24-20-16-18-22-28-36-44(48)50-42(32-14-10-4)34-26-12-8-2/h41-43,47H,7-40H2,1-6H3. The van der Waals surface area contributed by atoms with Crippen molar-refractivity contribution in [1.29, 1.82) is 0 Å². The summed E-state index contributed by atoms with van der Waals surface area (Å²) in [5.74, 6) is 0.0292. The van der Waals surface area contributed by atoms with Gasteiger partial charge in [0.25, 0.3) is 0 Å². The van der Waals surface area contributed by atoms with Crippen LogP contribution in [-0.2, 0) is 14.3 Å². The van der Waals surface area contributed by atoms with Crippen LogP contribution in [0.3, 0.4) is 0 Å². The van der Waals surface area contributed by atoms with Crippen LogP contribution in [0, 0.1) is 0 Å². The first kappa shape index (κ1) is 49.3. The predicted molar refractivity (Wildman–Crippen MR) is 217 cm³/mol. The molecule has 1 N–H and O–H groups in total. The minimum Gasteiger partial charge on any atom is -0.462 e. The van der Waals surface area contributed by atoms with Crippen LogP contribution in [0.25, 0.3) is 0 Å². The van der Waals surface area contributed by atoms with Crippen molar-refractivity contribution in [2.24, 2.45) is 0 Å². The molecule has 0 aliphatic heterocycles. The van der Waals surface area contributed by atoms with E-state index in [0.717, 1.165) is 64.3 Å². The van der Waals surface area contributed by atoms with Gasteiger partial charge in [-0.1, -0.05) is 150 Å². The van der Waals surface area contributed by atoms with E-state index in [0.29, 0.717) is 6.42 Å². The van der Waals surface area contributed by atoms with E-state index in [1.165, 1.54) is 148 Å². The largest absolute Gasteiger partial charge is 0.462 e. The molecule has 0 heterocycles. The highest BCUT2D eigenvalue weighted by Gasteiger charge is 2.15. The summed E-state index contributed by atoms with van der Waals surface area (Å²) in [5.41, 5.74) is 0. The number of aliphatic hydroxyl groups is 1. The van der Waals surface area contributed by atoms with Crippen LogP contribution >= 0.6 is 0 Å². The van der Waals surface area contributed by atoms with Crippen LogP contribution in [0.4, 0.5) is 0 Å². The lowest BCUT2D eigenvalue weighted by molar-refractivity contribution is -0.150. The van der Waals surface area contributed by atoms with Gasteiger partial charge in [0.2, 0.25) is 0 Å². The van der Waals surface area contributed by atoms with Crippen LogP contribution in [0.5, 0.6) is 0 Å². The van der Waals surface area contributed by atoms with Gasteiger partial charge in [-0.05, 0) is 91.4 Å². The second-order valence-corrected chi connectivity index (χ2v) is 15.7. The average molecular weight is 711 g/mol. The highest BCUT2D eigenvalue weighted by molar-refractivity contribution is 5.69. The van der Waals surface area contributed by atoms with Gasteiger partial charge < -0.3 is 24.4 Å². The Labute approximate surface area is 313 Å². The highest BCUT2D eigenvalue weighted by atomic mass is 16.6. The van der Waals surface area contributed by atoms with Crippen molar-refractivity contribution in [2.45, 2.75) is 239 Å². The van der Waals surface area contributed by atoms with Gasteiger partial charge in [0.05, 0.1) is 6.10 Å². The Kier molecular flexibility index (Phi) is 37.5. The summed E-state index contributed by atoms with van der Waals surface area (Å²) < 4.78 is 11.9. The third kappa shape index (κ3) is 34.4. The number of unbranched alkanes of at least 4 members (excludes halogenated alkanes) is 18. The number of carbonyl (C=O) groups excluding carboxylic acids is 1. The van der Waals surface area contributed by atoms with Crippen LogP contribution in [-0.4, -0.2) is 79.6 Å². The number of rotatable bonds is 40. The quantitative estimate of drug-likeness (QED) is 0.0388. The fourth-order valence-electron chi connectivity index (χ4n) is 6.89. The van der Waals surface area contributed by atoms with E-state index < -0.39 is 6.29 Å². The fraction of sp³-hybridized carbons (Fsp3) is 0.977. The van der Waals surface area contributed by atoms with Crippen LogP contribution in [0.2, 0.25) is 0 Å². The van der Waals surface area contributed by atoms with Crippen molar-refractivity contribution in [3.05, 3.63) is 0 Å². The zero-order valence-electron chi connectivity index (χ0n) is 34.8. The second kappa shape index (κ2) is 38.0. The lowest BCUT2D eigenvalue weighted by Crippen LogP contribution is -2.33. The summed E-state index contributed by atoms with van der Waals surface area (Å²) in [6.45, 7) is 13.7. The van der Waals surface area contributed by atoms with Gasteiger partial charge in [0.15, 0.2) is 6.29 Å². The van der Waals surface area contributed by atoms with Gasteiger partial charge in [-0.2, -0.15) is 0 Å². The molecule has 6 heteroatoms. The summed E-state index contributed by atoms with van der Waals surface area (Å²) in [4.78, 5) is 17.4. The van der Waals surface area contributed by atoms with Gasteiger partial charge >= 0.3 is 5.97 Å². The molecule has 0 aliphatic rings. The Hall–Kier alpha value is -0.690. The summed E-state index contributed by atoms with van der Waals surface area (Å²) >= 11 is 0. The second-order valence-electron chi connectivity index (χ2n) is 15.7. The monoisotopic (exact) mass is 711 g/mol. The van der Waals surface area contributed by atoms with Gasteiger partial charge in [-0.15, -0.1) is 0 Å². The molecule has 0 radical (unpaired) electrons. The molecule has 0 aromatic carbocycles. The summed E-state index contributed by atoms with van der Waals surface area (Å²) in [6.07, 6.45) is 34.9. The zero-order chi connectivity index (χ0) is 36.9. The molecule has 0 saturated heterocycles. The smallest absolute Gasteiger partial charge is 0.306 e. The number of hydrogen-bond acceptors (Lipinski definition) is 6. The van der Waals surface area contributed by atoms with Crippen molar-refractivity contribution in [2.75, 3.05) is 40.3 Å². The molecule has 0 fully saturated rings. The minimum absolute atomic E-state index is 0.0292. The van der Waals surface area contributed by atoms with E-state index in [-0.39, 0.29) is 18.2 Å². The van der Waals surface area contributed by atoms with E-state index >= 15 is 0 Å². The third-order valence-electron chi connectivity index (χ3n) is 10.3. The van der Waals surface area contributed by atoms with Crippen LogP contribution in [0.1, 0.15) is 220 Å². The third-order valence-corrected chi connectivity index (χ3v) is 10.3. The zero-order valence-corrected chi connectivity index (χ0v) is 34.8. The fourth-order valence-corrected chi connectivity index (χ4v) is 6.89. The van der Waals surface area contributed by atoms with E-state index in [1.807, 2.05) is 0 Å². The van der Waals surface area contributed by atoms with Crippen molar-refractivity contribution in [1.82, 2.24) is 9.80 Å². The SMILES string of the molecule is CCCCCC(CCCC)OC(=O)CCCCCCCCCN(CCCCCCCCCC(O)OC(CCCC)CCCCC)CCN(C)C. The van der Waals surface area contributed by atoms with Gasteiger partial charge in [-0.3, -0.25) is 4.79 Å². The maximum absolute atomic E-state index is 12.4. The molecule has 0 amide bonds. The molecule has 0 saturated carbocycles. The Morgan fingerprint density at radius 2 is 0.900 bits per heavy atom. The molecular formula is C44H90N2O4. The van der Waals surface area contributed by atoms with Gasteiger partial charge in [0.1, 0.15) is 6.10 Å². The molecule has 0 aromatic rings.